The second kappa shape index (κ2) is 3.22. The number of alkyl halides is 3. The Balaban J connectivity index is 2.48. The molecule has 0 saturated heterocycles. The number of rotatable bonds is 1. The molecule has 2 rings (SSSR count). The van der Waals surface area contributed by atoms with Crippen LogP contribution >= 0.6 is 0 Å². The maximum Gasteiger partial charge on any atom is 0.416 e. The zero-order valence-corrected chi connectivity index (χ0v) is 9.53. The number of halogens is 4. The maximum absolute atomic E-state index is 13.2. The van der Waals surface area contributed by atoms with E-state index in [1.807, 2.05) is 13.8 Å². The van der Waals surface area contributed by atoms with Crippen LogP contribution in [0.2, 0.25) is 0 Å². The van der Waals surface area contributed by atoms with Gasteiger partial charge in [0.05, 0.1) is 5.56 Å². The maximum atomic E-state index is 13.2. The predicted molar refractivity (Wildman–Crippen MR) is 55.7 cm³/mol. The van der Waals surface area contributed by atoms with Gasteiger partial charge < -0.3 is 5.73 Å². The summed E-state index contributed by atoms with van der Waals surface area (Å²) >= 11 is 0. The van der Waals surface area contributed by atoms with Gasteiger partial charge in [-0.25, -0.2) is 4.39 Å². The molecule has 1 unspecified atom stereocenters. The van der Waals surface area contributed by atoms with Gasteiger partial charge in [-0.2, -0.15) is 13.2 Å². The molecule has 17 heavy (non-hydrogen) atoms. The first-order valence-electron chi connectivity index (χ1n) is 5.23. The molecule has 2 N–H and O–H groups in total. The minimum Gasteiger partial charge on any atom is -0.321 e. The van der Waals surface area contributed by atoms with E-state index in [4.69, 9.17) is 5.73 Å². The first-order chi connectivity index (χ1) is 7.56. The van der Waals surface area contributed by atoms with E-state index < -0.39 is 23.1 Å². The Morgan fingerprint density at radius 2 is 1.71 bits per heavy atom. The molecule has 1 saturated carbocycles. The standard InChI is InChI=1S/C12H13F4N/c1-10(2)6-11(10,17)7-3-8(12(14,15)16)5-9(13)4-7/h3-5H,6,17H2,1-2H3. The summed E-state index contributed by atoms with van der Waals surface area (Å²) in [7, 11) is 0. The highest BCUT2D eigenvalue weighted by atomic mass is 19.4. The summed E-state index contributed by atoms with van der Waals surface area (Å²) in [5.41, 5.74) is 4.08. The summed E-state index contributed by atoms with van der Waals surface area (Å²) in [5.74, 6) is -0.901. The lowest BCUT2D eigenvalue weighted by molar-refractivity contribution is -0.137. The summed E-state index contributed by atoms with van der Waals surface area (Å²) in [6, 6.07) is 2.52. The first-order valence-corrected chi connectivity index (χ1v) is 5.23. The van der Waals surface area contributed by atoms with Crippen LogP contribution in [-0.2, 0) is 11.7 Å². The fourth-order valence-corrected chi connectivity index (χ4v) is 2.16. The van der Waals surface area contributed by atoms with Crippen LogP contribution in [0.15, 0.2) is 18.2 Å². The van der Waals surface area contributed by atoms with Gasteiger partial charge in [0.2, 0.25) is 0 Å². The van der Waals surface area contributed by atoms with E-state index in [0.717, 1.165) is 12.1 Å². The van der Waals surface area contributed by atoms with Crippen LogP contribution < -0.4 is 5.73 Å². The van der Waals surface area contributed by atoms with Gasteiger partial charge in [0.1, 0.15) is 5.82 Å². The molecule has 5 heteroatoms. The summed E-state index contributed by atoms with van der Waals surface area (Å²) in [6.07, 6.45) is -3.99. The minimum absolute atomic E-state index is 0.217. The molecule has 1 aliphatic carbocycles. The van der Waals surface area contributed by atoms with E-state index in [-0.39, 0.29) is 11.0 Å². The van der Waals surface area contributed by atoms with Crippen molar-refractivity contribution in [3.8, 4) is 0 Å². The molecule has 1 aromatic rings. The van der Waals surface area contributed by atoms with Crippen LogP contribution in [0, 0.1) is 11.2 Å². The average molecular weight is 247 g/mol. The fourth-order valence-electron chi connectivity index (χ4n) is 2.16. The Bertz CT molecular complexity index is 464. The molecule has 1 aliphatic rings. The largest absolute Gasteiger partial charge is 0.416 e. The number of hydrogen-bond acceptors (Lipinski definition) is 1. The molecule has 0 spiro atoms. The van der Waals surface area contributed by atoms with Crippen LogP contribution in [-0.4, -0.2) is 0 Å². The minimum atomic E-state index is -4.55. The van der Waals surface area contributed by atoms with Crippen molar-refractivity contribution < 1.29 is 17.6 Å². The molecule has 94 valence electrons. The van der Waals surface area contributed by atoms with E-state index in [0.29, 0.717) is 12.5 Å². The third kappa shape index (κ3) is 1.92. The molecule has 0 aromatic heterocycles. The number of hydrogen-bond donors (Lipinski definition) is 1. The van der Waals surface area contributed by atoms with E-state index in [1.165, 1.54) is 0 Å². The third-order valence-corrected chi connectivity index (χ3v) is 3.54. The van der Waals surface area contributed by atoms with Gasteiger partial charge in [0, 0.05) is 5.54 Å². The molecule has 0 heterocycles. The smallest absolute Gasteiger partial charge is 0.321 e. The second-order valence-electron chi connectivity index (χ2n) is 5.26. The highest BCUT2D eigenvalue weighted by molar-refractivity contribution is 5.38. The molecular weight excluding hydrogens is 234 g/mol. The van der Waals surface area contributed by atoms with Gasteiger partial charge in [-0.1, -0.05) is 13.8 Å². The SMILES string of the molecule is CC1(C)CC1(N)c1cc(F)cc(C(F)(F)F)c1. The van der Waals surface area contributed by atoms with Gasteiger partial charge in [-0.3, -0.25) is 0 Å². The lowest BCUT2D eigenvalue weighted by atomic mass is 9.95. The van der Waals surface area contributed by atoms with Gasteiger partial charge in [0.25, 0.3) is 0 Å². The molecule has 1 atom stereocenters. The van der Waals surface area contributed by atoms with Crippen molar-refractivity contribution in [3.63, 3.8) is 0 Å². The van der Waals surface area contributed by atoms with Gasteiger partial charge >= 0.3 is 6.18 Å². The third-order valence-electron chi connectivity index (χ3n) is 3.54. The average Bonchev–Trinajstić information content (AvgIpc) is 2.65. The Morgan fingerprint density at radius 3 is 2.12 bits per heavy atom. The molecule has 1 fully saturated rings. The van der Waals surface area contributed by atoms with E-state index in [2.05, 4.69) is 0 Å². The van der Waals surface area contributed by atoms with Gasteiger partial charge in [-0.15, -0.1) is 0 Å². The van der Waals surface area contributed by atoms with E-state index in [9.17, 15) is 17.6 Å². The van der Waals surface area contributed by atoms with Crippen molar-refractivity contribution in [2.24, 2.45) is 11.1 Å². The second-order valence-corrected chi connectivity index (χ2v) is 5.26. The van der Waals surface area contributed by atoms with E-state index in [1.54, 1.807) is 0 Å². The zero-order valence-electron chi connectivity index (χ0n) is 9.53. The summed E-state index contributed by atoms with van der Waals surface area (Å²) in [5, 5.41) is 0. The molecule has 0 bridgehead atoms. The highest BCUT2D eigenvalue weighted by Crippen LogP contribution is 2.60. The molecular formula is C12H13F4N. The molecule has 1 aromatic carbocycles. The van der Waals surface area contributed by atoms with Gasteiger partial charge in [0.15, 0.2) is 0 Å². The normalized spacial score (nSPS) is 27.0. The van der Waals surface area contributed by atoms with Crippen LogP contribution in [0.3, 0.4) is 0 Å². The van der Waals surface area contributed by atoms with Crippen molar-refractivity contribution in [3.05, 3.63) is 35.1 Å². The Hall–Kier alpha value is -1.10. The quantitative estimate of drug-likeness (QED) is 0.756. The van der Waals surface area contributed by atoms with Crippen LogP contribution in [0.5, 0.6) is 0 Å². The molecule has 0 amide bonds. The van der Waals surface area contributed by atoms with Crippen LogP contribution in [0.25, 0.3) is 0 Å². The van der Waals surface area contributed by atoms with Gasteiger partial charge in [-0.05, 0) is 35.6 Å². The van der Waals surface area contributed by atoms with Crippen LogP contribution in [0.1, 0.15) is 31.4 Å². The number of benzene rings is 1. The first kappa shape index (κ1) is 12.4. The Kier molecular flexibility index (Phi) is 2.34. The topological polar surface area (TPSA) is 26.0 Å². The highest BCUT2D eigenvalue weighted by Gasteiger charge is 2.59. The predicted octanol–water partition coefficient (Wildman–Crippen LogP) is 3.43. The van der Waals surface area contributed by atoms with E-state index >= 15 is 0 Å². The lowest BCUT2D eigenvalue weighted by Crippen LogP contribution is -2.26. The molecule has 0 radical (unpaired) electrons. The summed E-state index contributed by atoms with van der Waals surface area (Å²) < 4.78 is 50.8. The zero-order chi connectivity index (χ0) is 13.1. The summed E-state index contributed by atoms with van der Waals surface area (Å²) in [4.78, 5) is 0. The Labute approximate surface area is 96.6 Å². The lowest BCUT2D eigenvalue weighted by Gasteiger charge is -2.17. The van der Waals surface area contributed by atoms with Crippen molar-refractivity contribution in [1.29, 1.82) is 0 Å². The number of nitrogens with two attached hydrogens (primary N) is 1. The molecule has 1 nitrogen and oxygen atoms in total. The van der Waals surface area contributed by atoms with Crippen molar-refractivity contribution in [2.45, 2.75) is 32.0 Å². The monoisotopic (exact) mass is 247 g/mol. The van der Waals surface area contributed by atoms with Crippen molar-refractivity contribution >= 4 is 0 Å². The molecule has 0 aliphatic heterocycles. The fraction of sp³-hybridized carbons (Fsp3) is 0.500. The van der Waals surface area contributed by atoms with Crippen molar-refractivity contribution in [1.82, 2.24) is 0 Å². The van der Waals surface area contributed by atoms with Crippen LogP contribution in [0.4, 0.5) is 17.6 Å². The summed E-state index contributed by atoms with van der Waals surface area (Å²) in [6.45, 7) is 3.70. The van der Waals surface area contributed by atoms with Crippen molar-refractivity contribution in [2.75, 3.05) is 0 Å². The Morgan fingerprint density at radius 1 is 1.18 bits per heavy atom.